The molecule has 3 heteroatoms. The van der Waals surface area contributed by atoms with Gasteiger partial charge in [-0.25, -0.2) is 4.39 Å². The summed E-state index contributed by atoms with van der Waals surface area (Å²) >= 11 is 0. The third-order valence-electron chi connectivity index (χ3n) is 2.52. The first-order valence-electron chi connectivity index (χ1n) is 5.37. The number of benzene rings is 1. The summed E-state index contributed by atoms with van der Waals surface area (Å²) in [5.74, 6) is -0.199. The van der Waals surface area contributed by atoms with E-state index in [0.717, 1.165) is 24.8 Å². The molecule has 0 aliphatic carbocycles. The van der Waals surface area contributed by atoms with Crippen molar-refractivity contribution in [1.29, 1.82) is 0 Å². The number of unbranched alkanes of at least 4 members (excludes halogenated alkanes) is 1. The molecule has 0 saturated heterocycles. The second kappa shape index (κ2) is 5.83. The van der Waals surface area contributed by atoms with Gasteiger partial charge in [0.1, 0.15) is 5.82 Å². The summed E-state index contributed by atoms with van der Waals surface area (Å²) in [6, 6.07) is 4.98. The van der Waals surface area contributed by atoms with E-state index in [1.54, 1.807) is 6.07 Å². The van der Waals surface area contributed by atoms with E-state index in [1.807, 2.05) is 13.0 Å². The van der Waals surface area contributed by atoms with Gasteiger partial charge in [0, 0.05) is 11.6 Å². The van der Waals surface area contributed by atoms with Gasteiger partial charge in [-0.2, -0.15) is 0 Å². The molecule has 1 aromatic rings. The zero-order valence-corrected chi connectivity index (χ0v) is 9.17. The topological polar surface area (TPSA) is 52.0 Å². The van der Waals surface area contributed by atoms with Crippen LogP contribution in [0.4, 0.5) is 4.39 Å². The smallest absolute Gasteiger partial charge is 0.128 e. The van der Waals surface area contributed by atoms with E-state index < -0.39 is 0 Å². The monoisotopic (exact) mass is 210 g/mol. The lowest BCUT2D eigenvalue weighted by atomic mass is 10.0. The Hall–Kier alpha value is -0.930. The van der Waals surface area contributed by atoms with Crippen molar-refractivity contribution in [2.75, 3.05) is 6.54 Å². The van der Waals surface area contributed by atoms with Crippen molar-refractivity contribution in [2.45, 2.75) is 32.2 Å². The van der Waals surface area contributed by atoms with Gasteiger partial charge in [0.05, 0.1) is 0 Å². The number of halogens is 1. The largest absolute Gasteiger partial charge is 0.330 e. The summed E-state index contributed by atoms with van der Waals surface area (Å²) in [4.78, 5) is 0. The zero-order valence-electron chi connectivity index (χ0n) is 9.17. The van der Waals surface area contributed by atoms with Crippen molar-refractivity contribution in [3.05, 3.63) is 35.1 Å². The highest BCUT2D eigenvalue weighted by atomic mass is 19.1. The Morgan fingerprint density at radius 1 is 1.33 bits per heavy atom. The first kappa shape index (κ1) is 12.1. The maximum Gasteiger partial charge on any atom is 0.128 e. The van der Waals surface area contributed by atoms with Crippen LogP contribution in [0.15, 0.2) is 18.2 Å². The van der Waals surface area contributed by atoms with Crippen LogP contribution in [0.25, 0.3) is 0 Å². The molecule has 84 valence electrons. The molecule has 15 heavy (non-hydrogen) atoms. The number of hydrogen-bond acceptors (Lipinski definition) is 2. The molecule has 0 radical (unpaired) electrons. The van der Waals surface area contributed by atoms with Crippen molar-refractivity contribution in [3.63, 3.8) is 0 Å². The van der Waals surface area contributed by atoms with E-state index in [2.05, 4.69) is 0 Å². The molecule has 0 fully saturated rings. The summed E-state index contributed by atoms with van der Waals surface area (Å²) in [7, 11) is 0. The van der Waals surface area contributed by atoms with Crippen LogP contribution in [0.3, 0.4) is 0 Å². The summed E-state index contributed by atoms with van der Waals surface area (Å²) in [5, 5.41) is 0. The maximum absolute atomic E-state index is 13.5. The highest BCUT2D eigenvalue weighted by Crippen LogP contribution is 2.20. The molecular weight excluding hydrogens is 191 g/mol. The second-order valence-electron chi connectivity index (χ2n) is 3.92. The number of hydrogen-bond donors (Lipinski definition) is 2. The van der Waals surface area contributed by atoms with Crippen LogP contribution in [-0.2, 0) is 0 Å². The standard InChI is InChI=1S/C12H19FN2/c1-9-5-6-10(11(13)8-9)12(15)4-2-3-7-14/h5-6,8,12H,2-4,7,14-15H2,1H3/t12-/m0/s1. The average molecular weight is 210 g/mol. The normalized spacial score (nSPS) is 12.8. The lowest BCUT2D eigenvalue weighted by molar-refractivity contribution is 0.542. The Morgan fingerprint density at radius 3 is 2.67 bits per heavy atom. The van der Waals surface area contributed by atoms with Crippen molar-refractivity contribution >= 4 is 0 Å². The van der Waals surface area contributed by atoms with E-state index in [1.165, 1.54) is 6.07 Å². The van der Waals surface area contributed by atoms with E-state index in [9.17, 15) is 4.39 Å². The highest BCUT2D eigenvalue weighted by Gasteiger charge is 2.10. The average Bonchev–Trinajstić information content (AvgIpc) is 2.17. The molecule has 0 aliphatic heterocycles. The minimum absolute atomic E-state index is 0.199. The van der Waals surface area contributed by atoms with Gasteiger partial charge in [-0.15, -0.1) is 0 Å². The lowest BCUT2D eigenvalue weighted by Crippen LogP contribution is -2.12. The van der Waals surface area contributed by atoms with Crippen molar-refractivity contribution < 1.29 is 4.39 Å². The molecule has 1 aromatic carbocycles. The molecular formula is C12H19FN2. The molecule has 2 nitrogen and oxygen atoms in total. The van der Waals surface area contributed by atoms with Gasteiger partial charge in [-0.3, -0.25) is 0 Å². The third-order valence-corrected chi connectivity index (χ3v) is 2.52. The molecule has 1 rings (SSSR count). The Bertz CT molecular complexity index is 312. The van der Waals surface area contributed by atoms with Gasteiger partial charge < -0.3 is 11.5 Å². The molecule has 0 amide bonds. The molecule has 4 N–H and O–H groups in total. The maximum atomic E-state index is 13.5. The minimum Gasteiger partial charge on any atom is -0.330 e. The first-order valence-corrected chi connectivity index (χ1v) is 5.37. The highest BCUT2D eigenvalue weighted by molar-refractivity contribution is 5.25. The van der Waals surface area contributed by atoms with Crippen LogP contribution < -0.4 is 11.5 Å². The van der Waals surface area contributed by atoms with Gasteiger partial charge in [-0.05, 0) is 37.9 Å². The third kappa shape index (κ3) is 3.61. The molecule has 0 saturated carbocycles. The van der Waals surface area contributed by atoms with E-state index in [-0.39, 0.29) is 11.9 Å². The van der Waals surface area contributed by atoms with Crippen LogP contribution >= 0.6 is 0 Å². The SMILES string of the molecule is Cc1ccc([C@@H](N)CCCCN)c(F)c1. The van der Waals surface area contributed by atoms with Gasteiger partial charge in [0.15, 0.2) is 0 Å². The van der Waals surface area contributed by atoms with E-state index in [4.69, 9.17) is 11.5 Å². The van der Waals surface area contributed by atoms with Crippen LogP contribution in [0.2, 0.25) is 0 Å². The van der Waals surface area contributed by atoms with E-state index >= 15 is 0 Å². The van der Waals surface area contributed by atoms with Crippen molar-refractivity contribution in [1.82, 2.24) is 0 Å². The Kier molecular flexibility index (Phi) is 4.72. The van der Waals surface area contributed by atoms with Gasteiger partial charge in [-0.1, -0.05) is 18.6 Å². The molecule has 1 atom stereocenters. The van der Waals surface area contributed by atoms with Crippen LogP contribution in [0.5, 0.6) is 0 Å². The summed E-state index contributed by atoms with van der Waals surface area (Å²) < 4.78 is 13.5. The predicted molar refractivity (Wildman–Crippen MR) is 61.0 cm³/mol. The van der Waals surface area contributed by atoms with Gasteiger partial charge in [0.25, 0.3) is 0 Å². The minimum atomic E-state index is -0.211. The Balaban J connectivity index is 2.61. The summed E-state index contributed by atoms with van der Waals surface area (Å²) in [6.07, 6.45) is 2.68. The molecule has 0 spiro atoms. The fourth-order valence-corrected chi connectivity index (χ4v) is 1.60. The van der Waals surface area contributed by atoms with Gasteiger partial charge in [0.2, 0.25) is 0 Å². The quantitative estimate of drug-likeness (QED) is 0.732. The number of rotatable bonds is 5. The summed E-state index contributed by atoms with van der Waals surface area (Å²) in [5.41, 5.74) is 12.8. The first-order chi connectivity index (χ1) is 7.15. The molecule has 0 heterocycles. The predicted octanol–water partition coefficient (Wildman–Crippen LogP) is 2.26. The number of aryl methyl sites for hydroxylation is 1. The zero-order chi connectivity index (χ0) is 11.3. The number of nitrogens with two attached hydrogens (primary N) is 2. The fourth-order valence-electron chi connectivity index (χ4n) is 1.60. The molecule has 0 aliphatic rings. The van der Waals surface area contributed by atoms with Crippen molar-refractivity contribution in [3.8, 4) is 0 Å². The molecule has 0 aromatic heterocycles. The van der Waals surface area contributed by atoms with Crippen LogP contribution in [0.1, 0.15) is 36.4 Å². The molecule has 0 bridgehead atoms. The second-order valence-corrected chi connectivity index (χ2v) is 3.92. The van der Waals surface area contributed by atoms with Crippen LogP contribution in [0, 0.1) is 12.7 Å². The van der Waals surface area contributed by atoms with Crippen molar-refractivity contribution in [2.24, 2.45) is 11.5 Å². The summed E-state index contributed by atoms with van der Waals surface area (Å²) in [6.45, 7) is 2.54. The Labute approximate surface area is 90.5 Å². The molecule has 0 unspecified atom stereocenters. The van der Waals surface area contributed by atoms with E-state index in [0.29, 0.717) is 12.1 Å². The van der Waals surface area contributed by atoms with Crippen LogP contribution in [-0.4, -0.2) is 6.54 Å². The van der Waals surface area contributed by atoms with Gasteiger partial charge >= 0.3 is 0 Å². The lowest BCUT2D eigenvalue weighted by Gasteiger charge is -2.12. The Morgan fingerprint density at radius 2 is 2.07 bits per heavy atom. The fraction of sp³-hybridized carbons (Fsp3) is 0.500.